The molecule has 1 unspecified atom stereocenters. The van der Waals surface area contributed by atoms with Gasteiger partial charge in [-0.1, -0.05) is 36.4 Å². The number of piperazine rings is 1. The lowest BCUT2D eigenvalue weighted by Crippen LogP contribution is -2.50. The predicted molar refractivity (Wildman–Crippen MR) is 126 cm³/mol. The number of carbonyl (C=O) groups excluding carboxylic acids is 1. The predicted octanol–water partition coefficient (Wildman–Crippen LogP) is 2.38. The first kappa shape index (κ1) is 22.6. The summed E-state index contributed by atoms with van der Waals surface area (Å²) in [5.74, 6) is 0.571. The molecule has 4 rings (SSSR count). The van der Waals surface area contributed by atoms with E-state index in [-0.39, 0.29) is 12.2 Å². The molecule has 2 heterocycles. The zero-order valence-electron chi connectivity index (χ0n) is 18.7. The number of aliphatic hydroxyl groups is 1. The molecule has 2 aromatic carbocycles. The first-order chi connectivity index (χ1) is 15.7. The third-order valence-electron chi connectivity index (χ3n) is 6.23. The maximum absolute atomic E-state index is 12.5. The van der Waals surface area contributed by atoms with Crippen LogP contribution >= 0.6 is 0 Å². The van der Waals surface area contributed by atoms with Crippen molar-refractivity contribution in [1.29, 1.82) is 0 Å². The Balaban J connectivity index is 1.17. The van der Waals surface area contributed by atoms with Crippen molar-refractivity contribution < 1.29 is 14.6 Å². The van der Waals surface area contributed by atoms with Gasteiger partial charge in [-0.3, -0.25) is 9.80 Å². The minimum atomic E-state index is -0.388. The number of nitrogens with zero attached hydrogens (tertiary/aromatic N) is 4. The number of rotatable bonds is 6. The fraction of sp³-hybridized carbons (Fsp3) is 0.480. The summed E-state index contributed by atoms with van der Waals surface area (Å²) in [7, 11) is 0. The van der Waals surface area contributed by atoms with Crippen LogP contribution in [-0.4, -0.2) is 97.5 Å². The van der Waals surface area contributed by atoms with E-state index in [4.69, 9.17) is 4.74 Å². The Labute approximate surface area is 190 Å². The van der Waals surface area contributed by atoms with Gasteiger partial charge in [-0.25, -0.2) is 4.79 Å². The fourth-order valence-corrected chi connectivity index (χ4v) is 4.47. The largest absolute Gasteiger partial charge is 0.415 e. The maximum atomic E-state index is 12.5. The van der Waals surface area contributed by atoms with Gasteiger partial charge in [-0.05, 0) is 37.2 Å². The van der Waals surface area contributed by atoms with Crippen LogP contribution in [0.3, 0.4) is 0 Å². The summed E-state index contributed by atoms with van der Waals surface area (Å²) in [6, 6.07) is 19.7. The third-order valence-corrected chi connectivity index (χ3v) is 6.23. The number of para-hydroxylation sites is 2. The Kier molecular flexibility index (Phi) is 7.98. The Bertz CT molecular complexity index is 828. The molecule has 0 radical (unpaired) electrons. The number of aliphatic hydroxyl groups excluding tert-OH is 1. The van der Waals surface area contributed by atoms with Crippen LogP contribution in [0.1, 0.15) is 6.42 Å². The first-order valence-corrected chi connectivity index (χ1v) is 11.6. The van der Waals surface area contributed by atoms with E-state index in [9.17, 15) is 9.90 Å². The van der Waals surface area contributed by atoms with Gasteiger partial charge in [0.1, 0.15) is 5.75 Å². The van der Waals surface area contributed by atoms with E-state index >= 15 is 0 Å². The number of hydrogen-bond donors (Lipinski definition) is 1. The van der Waals surface area contributed by atoms with E-state index in [0.29, 0.717) is 31.9 Å². The zero-order valence-corrected chi connectivity index (χ0v) is 18.7. The average Bonchev–Trinajstić information content (AvgIpc) is 3.06. The van der Waals surface area contributed by atoms with E-state index in [0.717, 1.165) is 45.7 Å². The topological polar surface area (TPSA) is 59.5 Å². The summed E-state index contributed by atoms with van der Waals surface area (Å²) < 4.78 is 5.48. The van der Waals surface area contributed by atoms with Crippen molar-refractivity contribution in [2.24, 2.45) is 0 Å². The normalized spacial score (nSPS) is 19.4. The highest BCUT2D eigenvalue weighted by Gasteiger charge is 2.24. The SMILES string of the molecule is O=C(Oc1ccccc1)N1CCCN(CC(O)CN2CCN(c3ccccc3)CC2)CC1. The number of carbonyl (C=O) groups is 1. The molecule has 1 atom stereocenters. The molecular formula is C25H34N4O3. The minimum Gasteiger partial charge on any atom is -0.410 e. The van der Waals surface area contributed by atoms with Crippen molar-refractivity contribution in [2.75, 3.05) is 70.3 Å². The van der Waals surface area contributed by atoms with E-state index in [1.807, 2.05) is 24.3 Å². The second kappa shape index (κ2) is 11.3. The molecule has 7 heteroatoms. The van der Waals surface area contributed by atoms with Gasteiger partial charge >= 0.3 is 6.09 Å². The molecular weight excluding hydrogens is 404 g/mol. The summed E-state index contributed by atoms with van der Waals surface area (Å²) in [6.45, 7) is 8.16. The smallest absolute Gasteiger partial charge is 0.410 e. The summed E-state index contributed by atoms with van der Waals surface area (Å²) in [5.41, 5.74) is 1.27. The van der Waals surface area contributed by atoms with E-state index < -0.39 is 0 Å². The van der Waals surface area contributed by atoms with Gasteiger partial charge in [0.05, 0.1) is 6.10 Å². The van der Waals surface area contributed by atoms with E-state index in [1.165, 1.54) is 5.69 Å². The second-order valence-electron chi connectivity index (χ2n) is 8.60. The van der Waals surface area contributed by atoms with Gasteiger partial charge in [-0.15, -0.1) is 0 Å². The molecule has 0 aromatic heterocycles. The molecule has 0 bridgehead atoms. The van der Waals surface area contributed by atoms with Crippen LogP contribution in [0, 0.1) is 0 Å². The highest BCUT2D eigenvalue weighted by Crippen LogP contribution is 2.16. The summed E-state index contributed by atoms with van der Waals surface area (Å²) in [4.78, 5) is 21.3. The third kappa shape index (κ3) is 6.45. The average molecular weight is 439 g/mol. The fourth-order valence-electron chi connectivity index (χ4n) is 4.47. The van der Waals surface area contributed by atoms with Crippen LogP contribution < -0.4 is 9.64 Å². The molecule has 7 nitrogen and oxygen atoms in total. The number of hydrogen-bond acceptors (Lipinski definition) is 6. The van der Waals surface area contributed by atoms with Gasteiger partial charge in [0.15, 0.2) is 0 Å². The maximum Gasteiger partial charge on any atom is 0.415 e. The highest BCUT2D eigenvalue weighted by molar-refractivity contribution is 5.70. The number of ether oxygens (including phenoxy) is 1. The number of β-amino-alcohol motifs (C(OH)–C–C–N with tert-alkyl or cyclic N) is 1. The van der Waals surface area contributed by atoms with Crippen LogP contribution in [0.5, 0.6) is 5.75 Å². The molecule has 0 aliphatic carbocycles. The number of amides is 1. The van der Waals surface area contributed by atoms with Crippen LogP contribution in [0.4, 0.5) is 10.5 Å². The standard InChI is InChI=1S/C25H34N4O3/c30-23(21-27-14-17-28(18-15-27)22-8-3-1-4-9-22)20-26-12-7-13-29(19-16-26)25(31)32-24-10-5-2-6-11-24/h1-6,8-11,23,30H,7,12-21H2. The van der Waals surface area contributed by atoms with Crippen LogP contribution in [-0.2, 0) is 0 Å². The molecule has 0 spiro atoms. The van der Waals surface area contributed by atoms with Gasteiger partial charge < -0.3 is 19.6 Å². The molecule has 0 saturated carbocycles. The van der Waals surface area contributed by atoms with E-state index in [1.54, 1.807) is 17.0 Å². The summed E-state index contributed by atoms with van der Waals surface area (Å²) >= 11 is 0. The van der Waals surface area contributed by atoms with Crippen molar-refractivity contribution in [3.8, 4) is 5.75 Å². The molecule has 2 saturated heterocycles. The Morgan fingerprint density at radius 3 is 2.06 bits per heavy atom. The zero-order chi connectivity index (χ0) is 22.2. The lowest BCUT2D eigenvalue weighted by atomic mass is 10.2. The van der Waals surface area contributed by atoms with Gasteiger partial charge in [0, 0.05) is 64.6 Å². The summed E-state index contributed by atoms with van der Waals surface area (Å²) in [6.07, 6.45) is 0.197. The lowest BCUT2D eigenvalue weighted by molar-refractivity contribution is 0.0727. The molecule has 172 valence electrons. The highest BCUT2D eigenvalue weighted by atomic mass is 16.6. The Morgan fingerprint density at radius 1 is 0.781 bits per heavy atom. The quantitative estimate of drug-likeness (QED) is 0.747. The monoisotopic (exact) mass is 438 g/mol. The Morgan fingerprint density at radius 2 is 1.38 bits per heavy atom. The molecule has 32 heavy (non-hydrogen) atoms. The van der Waals surface area contributed by atoms with Crippen molar-refractivity contribution in [1.82, 2.24) is 14.7 Å². The number of anilines is 1. The van der Waals surface area contributed by atoms with Crippen LogP contribution in [0.25, 0.3) is 0 Å². The van der Waals surface area contributed by atoms with Gasteiger partial charge in [0.25, 0.3) is 0 Å². The van der Waals surface area contributed by atoms with Crippen LogP contribution in [0.2, 0.25) is 0 Å². The number of benzene rings is 2. The molecule has 2 aliphatic heterocycles. The van der Waals surface area contributed by atoms with Gasteiger partial charge in [-0.2, -0.15) is 0 Å². The molecule has 2 fully saturated rings. The Hall–Kier alpha value is -2.61. The van der Waals surface area contributed by atoms with Crippen molar-refractivity contribution in [3.05, 3.63) is 60.7 Å². The minimum absolute atomic E-state index is 0.296. The van der Waals surface area contributed by atoms with Crippen molar-refractivity contribution in [2.45, 2.75) is 12.5 Å². The van der Waals surface area contributed by atoms with Crippen molar-refractivity contribution >= 4 is 11.8 Å². The second-order valence-corrected chi connectivity index (χ2v) is 8.60. The van der Waals surface area contributed by atoms with Gasteiger partial charge in [0.2, 0.25) is 0 Å². The summed E-state index contributed by atoms with van der Waals surface area (Å²) in [5, 5.41) is 10.7. The molecule has 1 amide bonds. The lowest BCUT2D eigenvalue weighted by Gasteiger charge is -2.37. The van der Waals surface area contributed by atoms with E-state index in [2.05, 4.69) is 39.0 Å². The first-order valence-electron chi connectivity index (χ1n) is 11.6. The molecule has 1 N–H and O–H groups in total. The van der Waals surface area contributed by atoms with Crippen molar-refractivity contribution in [3.63, 3.8) is 0 Å². The molecule has 2 aliphatic rings. The van der Waals surface area contributed by atoms with Crippen LogP contribution in [0.15, 0.2) is 60.7 Å². The molecule has 2 aromatic rings.